The second kappa shape index (κ2) is 6.78. The lowest BCUT2D eigenvalue weighted by Gasteiger charge is -2.28. The molecule has 1 N–H and O–H groups in total. The van der Waals surface area contributed by atoms with Gasteiger partial charge in [0, 0.05) is 24.3 Å². The number of carbonyl (C=O) groups excluding carboxylic acids is 1. The molecule has 1 aromatic rings. The van der Waals surface area contributed by atoms with Crippen LogP contribution in [-0.2, 0) is 6.42 Å². The van der Waals surface area contributed by atoms with Crippen molar-refractivity contribution in [1.29, 1.82) is 0 Å². The zero-order chi connectivity index (χ0) is 16.2. The highest BCUT2D eigenvalue weighted by Crippen LogP contribution is 2.21. The molecule has 0 aliphatic heterocycles. The number of nitrogens with one attached hydrogen (secondary N) is 1. The second-order valence-corrected chi connectivity index (χ2v) is 4.98. The zero-order valence-electron chi connectivity index (χ0n) is 12.6. The first-order valence-electron chi connectivity index (χ1n) is 6.74. The lowest BCUT2D eigenvalue weighted by atomic mass is 10.1. The third-order valence-corrected chi connectivity index (χ3v) is 2.98. The van der Waals surface area contributed by atoms with E-state index in [0.29, 0.717) is 17.9 Å². The number of carbonyl (C=O) groups is 1. The predicted molar refractivity (Wildman–Crippen MR) is 75.4 cm³/mol. The molecule has 0 fully saturated rings. The van der Waals surface area contributed by atoms with E-state index in [9.17, 15) is 18.0 Å². The number of hydrogen-bond acceptors (Lipinski definition) is 3. The summed E-state index contributed by atoms with van der Waals surface area (Å²) in [5.41, 5.74) is 0.866. The van der Waals surface area contributed by atoms with Crippen molar-refractivity contribution < 1.29 is 18.0 Å². The number of nitrogens with zero attached hydrogens (tertiary/aromatic N) is 2. The van der Waals surface area contributed by atoms with Gasteiger partial charge in [0.25, 0.3) is 5.91 Å². The van der Waals surface area contributed by atoms with Gasteiger partial charge in [-0.15, -0.1) is 0 Å². The molecular weight excluding hydrogens is 283 g/mol. The van der Waals surface area contributed by atoms with E-state index in [2.05, 4.69) is 10.3 Å². The first-order chi connectivity index (χ1) is 9.67. The lowest BCUT2D eigenvalue weighted by molar-refractivity contribution is -0.143. The standard InChI is InChI=1S/C14H20F3N3O/c1-5-11-6-10(7-12(18-4)19-11)13(21)20(9(2)3)8-14(15,16)17/h6-7,9H,5,8H2,1-4H3,(H,18,19). The Morgan fingerprint density at radius 3 is 2.43 bits per heavy atom. The molecule has 0 bridgehead atoms. The van der Waals surface area contributed by atoms with Crippen LogP contribution < -0.4 is 5.32 Å². The SMILES string of the molecule is CCc1cc(C(=O)N(CC(F)(F)F)C(C)C)cc(NC)n1. The highest BCUT2D eigenvalue weighted by molar-refractivity contribution is 5.95. The Morgan fingerprint density at radius 1 is 1.38 bits per heavy atom. The van der Waals surface area contributed by atoms with Gasteiger partial charge in [0.15, 0.2) is 0 Å². The maximum absolute atomic E-state index is 12.6. The molecule has 0 unspecified atom stereocenters. The molecule has 118 valence electrons. The van der Waals surface area contributed by atoms with Crippen molar-refractivity contribution in [2.45, 2.75) is 39.4 Å². The van der Waals surface area contributed by atoms with Crippen molar-refractivity contribution in [2.75, 3.05) is 18.9 Å². The number of anilines is 1. The van der Waals surface area contributed by atoms with Crippen molar-refractivity contribution in [3.8, 4) is 0 Å². The summed E-state index contributed by atoms with van der Waals surface area (Å²) in [6, 6.07) is 2.46. The van der Waals surface area contributed by atoms with E-state index in [-0.39, 0.29) is 5.56 Å². The molecule has 0 saturated heterocycles. The minimum absolute atomic E-state index is 0.212. The van der Waals surface area contributed by atoms with Crippen LogP contribution in [-0.4, -0.2) is 41.6 Å². The van der Waals surface area contributed by atoms with Crippen LogP contribution >= 0.6 is 0 Å². The number of hydrogen-bond donors (Lipinski definition) is 1. The summed E-state index contributed by atoms with van der Waals surface area (Å²) in [5.74, 6) is -0.177. The second-order valence-electron chi connectivity index (χ2n) is 4.98. The van der Waals surface area contributed by atoms with Crippen LogP contribution in [0.25, 0.3) is 0 Å². The van der Waals surface area contributed by atoms with Gasteiger partial charge in [-0.1, -0.05) is 6.92 Å². The van der Waals surface area contributed by atoms with Crippen molar-refractivity contribution in [1.82, 2.24) is 9.88 Å². The van der Waals surface area contributed by atoms with E-state index in [1.165, 1.54) is 12.1 Å². The van der Waals surface area contributed by atoms with Crippen LogP contribution in [0.4, 0.5) is 19.0 Å². The van der Waals surface area contributed by atoms with Gasteiger partial charge in [-0.25, -0.2) is 4.98 Å². The van der Waals surface area contributed by atoms with E-state index < -0.39 is 24.7 Å². The van der Waals surface area contributed by atoms with Crippen LogP contribution in [0.2, 0.25) is 0 Å². The van der Waals surface area contributed by atoms with Gasteiger partial charge in [0.1, 0.15) is 12.4 Å². The van der Waals surface area contributed by atoms with Gasteiger partial charge in [-0.2, -0.15) is 13.2 Å². The molecule has 21 heavy (non-hydrogen) atoms. The zero-order valence-corrected chi connectivity index (χ0v) is 12.6. The number of rotatable bonds is 5. The van der Waals surface area contributed by atoms with Crippen molar-refractivity contribution in [3.63, 3.8) is 0 Å². The molecule has 0 radical (unpaired) electrons. The monoisotopic (exact) mass is 303 g/mol. The number of alkyl halides is 3. The van der Waals surface area contributed by atoms with Gasteiger partial charge in [0.2, 0.25) is 0 Å². The summed E-state index contributed by atoms with van der Waals surface area (Å²) in [6.07, 6.45) is -3.83. The highest BCUT2D eigenvalue weighted by Gasteiger charge is 2.34. The molecule has 0 aromatic carbocycles. The fourth-order valence-electron chi connectivity index (χ4n) is 1.87. The third-order valence-electron chi connectivity index (χ3n) is 2.98. The number of amides is 1. The minimum atomic E-state index is -4.42. The molecule has 0 saturated carbocycles. The predicted octanol–water partition coefficient (Wildman–Crippen LogP) is 3.10. The van der Waals surface area contributed by atoms with Gasteiger partial charge < -0.3 is 10.2 Å². The molecule has 0 spiro atoms. The largest absolute Gasteiger partial charge is 0.406 e. The summed E-state index contributed by atoms with van der Waals surface area (Å²) in [5, 5.41) is 2.81. The first kappa shape index (κ1) is 17.3. The van der Waals surface area contributed by atoms with Gasteiger partial charge in [-0.05, 0) is 32.4 Å². The van der Waals surface area contributed by atoms with Crippen LogP contribution in [0.5, 0.6) is 0 Å². The van der Waals surface area contributed by atoms with Gasteiger partial charge in [-0.3, -0.25) is 4.79 Å². The molecule has 7 heteroatoms. The van der Waals surface area contributed by atoms with Crippen LogP contribution in [0.15, 0.2) is 12.1 Å². The number of pyridine rings is 1. The maximum Gasteiger partial charge on any atom is 0.406 e. The molecular formula is C14H20F3N3O. The topological polar surface area (TPSA) is 45.2 Å². The fourth-order valence-corrected chi connectivity index (χ4v) is 1.87. The Labute approximate surface area is 122 Å². The fraction of sp³-hybridized carbons (Fsp3) is 0.571. The Kier molecular flexibility index (Phi) is 5.57. The summed E-state index contributed by atoms with van der Waals surface area (Å²) in [6.45, 7) is 3.73. The minimum Gasteiger partial charge on any atom is -0.373 e. The van der Waals surface area contributed by atoms with Crippen molar-refractivity contribution in [3.05, 3.63) is 23.4 Å². The van der Waals surface area contributed by atoms with E-state index >= 15 is 0 Å². The molecule has 1 aromatic heterocycles. The summed E-state index contributed by atoms with van der Waals surface area (Å²) < 4.78 is 37.8. The van der Waals surface area contributed by atoms with E-state index in [0.717, 1.165) is 4.90 Å². The number of aromatic nitrogens is 1. The van der Waals surface area contributed by atoms with Gasteiger partial charge in [0.05, 0.1) is 0 Å². The van der Waals surface area contributed by atoms with Crippen molar-refractivity contribution in [2.24, 2.45) is 0 Å². The maximum atomic E-state index is 12.6. The smallest absolute Gasteiger partial charge is 0.373 e. The molecule has 0 aliphatic carbocycles. The highest BCUT2D eigenvalue weighted by atomic mass is 19.4. The normalized spacial score (nSPS) is 11.6. The summed E-state index contributed by atoms with van der Waals surface area (Å²) in [4.78, 5) is 17.4. The van der Waals surface area contributed by atoms with E-state index in [1.807, 2.05) is 6.92 Å². The molecule has 0 aliphatic rings. The van der Waals surface area contributed by atoms with Crippen LogP contribution in [0.3, 0.4) is 0 Å². The summed E-state index contributed by atoms with van der Waals surface area (Å²) >= 11 is 0. The van der Waals surface area contributed by atoms with E-state index in [1.54, 1.807) is 20.9 Å². The number of aryl methyl sites for hydroxylation is 1. The van der Waals surface area contributed by atoms with E-state index in [4.69, 9.17) is 0 Å². The molecule has 1 amide bonds. The molecule has 4 nitrogen and oxygen atoms in total. The average Bonchev–Trinajstić information content (AvgIpc) is 2.42. The Balaban J connectivity index is 3.14. The van der Waals surface area contributed by atoms with Gasteiger partial charge >= 0.3 is 6.18 Å². The molecule has 1 rings (SSSR count). The van der Waals surface area contributed by atoms with Crippen LogP contribution in [0.1, 0.15) is 36.8 Å². The quantitative estimate of drug-likeness (QED) is 0.909. The summed E-state index contributed by atoms with van der Waals surface area (Å²) in [7, 11) is 1.64. The first-order valence-corrected chi connectivity index (χ1v) is 6.74. The Bertz CT molecular complexity index is 478. The van der Waals surface area contributed by atoms with Crippen LogP contribution in [0, 0.1) is 0 Å². The third kappa shape index (κ3) is 4.91. The molecule has 1 heterocycles. The number of halogens is 3. The molecule has 0 atom stereocenters. The van der Waals surface area contributed by atoms with Crippen molar-refractivity contribution >= 4 is 11.7 Å². The Morgan fingerprint density at radius 2 is 2.00 bits per heavy atom. The lowest BCUT2D eigenvalue weighted by Crippen LogP contribution is -2.43. The average molecular weight is 303 g/mol. The Hall–Kier alpha value is -1.79.